The summed E-state index contributed by atoms with van der Waals surface area (Å²) < 4.78 is 19.5. The molecule has 1 aromatic rings. The molecule has 1 atom stereocenters. The molecular weight excluding hydrogens is 259 g/mol. The van der Waals surface area contributed by atoms with Gasteiger partial charge in [-0.2, -0.15) is 5.26 Å². The third kappa shape index (κ3) is 3.54. The standard InChI is InChI=1S/C15H19FN2O2/c1-15(2)10-18(8-13(9-19)20-15)7-12-5-11(6-17)3-4-14(12)16/h3-5,13,19H,7-10H2,1-2H3. The zero-order valence-electron chi connectivity index (χ0n) is 11.8. The molecular formula is C15H19FN2O2. The maximum atomic E-state index is 13.8. The first-order chi connectivity index (χ1) is 9.43. The number of hydrogen-bond acceptors (Lipinski definition) is 4. The SMILES string of the molecule is CC1(C)CN(Cc2cc(C#N)ccc2F)CC(CO)O1. The van der Waals surface area contributed by atoms with Gasteiger partial charge in [-0.05, 0) is 32.0 Å². The van der Waals surface area contributed by atoms with Gasteiger partial charge in [0.2, 0.25) is 0 Å². The van der Waals surface area contributed by atoms with E-state index in [-0.39, 0.29) is 24.1 Å². The molecule has 0 radical (unpaired) electrons. The van der Waals surface area contributed by atoms with Crippen molar-refractivity contribution in [1.82, 2.24) is 4.90 Å². The second-order valence-corrected chi connectivity index (χ2v) is 5.77. The van der Waals surface area contributed by atoms with Crippen LogP contribution in [0.15, 0.2) is 18.2 Å². The van der Waals surface area contributed by atoms with Crippen molar-refractivity contribution in [3.63, 3.8) is 0 Å². The van der Waals surface area contributed by atoms with Crippen molar-refractivity contribution in [3.05, 3.63) is 35.1 Å². The van der Waals surface area contributed by atoms with Gasteiger partial charge in [-0.1, -0.05) is 0 Å². The van der Waals surface area contributed by atoms with Crippen LogP contribution in [0.4, 0.5) is 4.39 Å². The van der Waals surface area contributed by atoms with Crippen LogP contribution < -0.4 is 0 Å². The Bertz CT molecular complexity index is 525. The summed E-state index contributed by atoms with van der Waals surface area (Å²) in [5.41, 5.74) is 0.570. The van der Waals surface area contributed by atoms with Gasteiger partial charge in [-0.15, -0.1) is 0 Å². The summed E-state index contributed by atoms with van der Waals surface area (Å²) in [5, 5.41) is 18.2. The van der Waals surface area contributed by atoms with Gasteiger partial charge in [-0.25, -0.2) is 4.39 Å². The fourth-order valence-electron chi connectivity index (χ4n) is 2.64. The second kappa shape index (κ2) is 5.88. The monoisotopic (exact) mass is 278 g/mol. The van der Waals surface area contributed by atoms with Crippen LogP contribution in [0.3, 0.4) is 0 Å². The van der Waals surface area contributed by atoms with E-state index in [0.29, 0.717) is 30.8 Å². The Hall–Kier alpha value is -1.48. The summed E-state index contributed by atoms with van der Waals surface area (Å²) in [6.07, 6.45) is -0.263. The van der Waals surface area contributed by atoms with Crippen LogP contribution in [0.25, 0.3) is 0 Å². The minimum atomic E-state index is -0.380. The highest BCUT2D eigenvalue weighted by Crippen LogP contribution is 2.23. The summed E-state index contributed by atoms with van der Waals surface area (Å²) in [6, 6.07) is 6.39. The molecule has 1 aliphatic heterocycles. The summed E-state index contributed by atoms with van der Waals surface area (Å²) in [5.74, 6) is -0.311. The highest BCUT2D eigenvalue weighted by atomic mass is 19.1. The molecule has 0 aromatic heterocycles. The van der Waals surface area contributed by atoms with Crippen LogP contribution >= 0.6 is 0 Å². The van der Waals surface area contributed by atoms with E-state index < -0.39 is 0 Å². The number of benzene rings is 1. The zero-order chi connectivity index (χ0) is 14.8. The maximum absolute atomic E-state index is 13.8. The van der Waals surface area contributed by atoms with Gasteiger partial charge in [0.05, 0.1) is 29.9 Å². The van der Waals surface area contributed by atoms with E-state index in [1.54, 1.807) is 6.07 Å². The number of nitriles is 1. The molecule has 0 spiro atoms. The van der Waals surface area contributed by atoms with Crippen LogP contribution in [0.2, 0.25) is 0 Å². The molecule has 20 heavy (non-hydrogen) atoms. The predicted molar refractivity (Wildman–Crippen MR) is 72.4 cm³/mol. The first kappa shape index (κ1) is 14.9. The fourth-order valence-corrected chi connectivity index (χ4v) is 2.64. The lowest BCUT2D eigenvalue weighted by Gasteiger charge is -2.42. The van der Waals surface area contributed by atoms with Crippen LogP contribution in [0, 0.1) is 17.1 Å². The molecule has 1 aliphatic rings. The van der Waals surface area contributed by atoms with Crippen molar-refractivity contribution in [2.75, 3.05) is 19.7 Å². The summed E-state index contributed by atoms with van der Waals surface area (Å²) in [6.45, 7) is 5.45. The quantitative estimate of drug-likeness (QED) is 0.913. The van der Waals surface area contributed by atoms with E-state index in [0.717, 1.165) is 0 Å². The Kier molecular flexibility index (Phi) is 4.39. The highest BCUT2D eigenvalue weighted by molar-refractivity contribution is 5.33. The molecule has 0 saturated carbocycles. The van der Waals surface area contributed by atoms with E-state index in [1.807, 2.05) is 24.8 Å². The number of rotatable bonds is 3. The molecule has 2 rings (SSSR count). The van der Waals surface area contributed by atoms with Gasteiger partial charge < -0.3 is 9.84 Å². The van der Waals surface area contributed by atoms with Crippen LogP contribution in [0.5, 0.6) is 0 Å². The van der Waals surface area contributed by atoms with E-state index in [1.165, 1.54) is 12.1 Å². The van der Waals surface area contributed by atoms with Crippen molar-refractivity contribution in [3.8, 4) is 6.07 Å². The Balaban J connectivity index is 2.15. The lowest BCUT2D eigenvalue weighted by Crippen LogP contribution is -2.53. The van der Waals surface area contributed by atoms with Crippen LogP contribution in [0.1, 0.15) is 25.0 Å². The number of morpholine rings is 1. The van der Waals surface area contributed by atoms with Crippen molar-refractivity contribution in [2.24, 2.45) is 0 Å². The Morgan fingerprint density at radius 2 is 2.30 bits per heavy atom. The van der Waals surface area contributed by atoms with Gasteiger partial charge in [0, 0.05) is 25.2 Å². The molecule has 4 nitrogen and oxygen atoms in total. The van der Waals surface area contributed by atoms with Crippen molar-refractivity contribution < 1.29 is 14.2 Å². The molecule has 0 bridgehead atoms. The number of aliphatic hydroxyl groups is 1. The minimum absolute atomic E-state index is 0.0549. The molecule has 0 aliphatic carbocycles. The number of nitrogens with zero attached hydrogens (tertiary/aromatic N) is 2. The Morgan fingerprint density at radius 3 is 2.95 bits per heavy atom. The molecule has 5 heteroatoms. The first-order valence-electron chi connectivity index (χ1n) is 6.63. The number of ether oxygens (including phenoxy) is 1. The molecule has 1 unspecified atom stereocenters. The average molecular weight is 278 g/mol. The van der Waals surface area contributed by atoms with Gasteiger partial charge >= 0.3 is 0 Å². The lowest BCUT2D eigenvalue weighted by molar-refractivity contribution is -0.150. The smallest absolute Gasteiger partial charge is 0.127 e. The van der Waals surface area contributed by atoms with Gasteiger partial charge in [0.25, 0.3) is 0 Å². The molecule has 1 aromatic carbocycles. The number of halogens is 1. The van der Waals surface area contributed by atoms with Crippen molar-refractivity contribution >= 4 is 0 Å². The summed E-state index contributed by atoms with van der Waals surface area (Å²) in [7, 11) is 0. The Morgan fingerprint density at radius 1 is 1.55 bits per heavy atom. The average Bonchev–Trinajstić information content (AvgIpc) is 2.39. The molecule has 1 N–H and O–H groups in total. The van der Waals surface area contributed by atoms with Gasteiger partial charge in [-0.3, -0.25) is 4.90 Å². The molecule has 0 amide bonds. The van der Waals surface area contributed by atoms with Crippen LogP contribution in [-0.2, 0) is 11.3 Å². The van der Waals surface area contributed by atoms with Gasteiger partial charge in [0.1, 0.15) is 5.82 Å². The zero-order valence-corrected chi connectivity index (χ0v) is 11.8. The van der Waals surface area contributed by atoms with Crippen molar-refractivity contribution in [1.29, 1.82) is 5.26 Å². The fraction of sp³-hybridized carbons (Fsp3) is 0.533. The Labute approximate surface area is 118 Å². The van der Waals surface area contributed by atoms with E-state index in [4.69, 9.17) is 10.00 Å². The van der Waals surface area contributed by atoms with E-state index in [9.17, 15) is 9.50 Å². The number of aliphatic hydroxyl groups excluding tert-OH is 1. The summed E-state index contributed by atoms with van der Waals surface area (Å²) >= 11 is 0. The lowest BCUT2D eigenvalue weighted by atomic mass is 10.0. The van der Waals surface area contributed by atoms with Crippen molar-refractivity contribution in [2.45, 2.75) is 32.1 Å². The largest absolute Gasteiger partial charge is 0.394 e. The normalized spacial score (nSPS) is 22.4. The third-order valence-corrected chi connectivity index (χ3v) is 3.32. The molecule has 1 saturated heterocycles. The minimum Gasteiger partial charge on any atom is -0.394 e. The highest BCUT2D eigenvalue weighted by Gasteiger charge is 2.33. The maximum Gasteiger partial charge on any atom is 0.127 e. The van der Waals surface area contributed by atoms with Gasteiger partial charge in [0.15, 0.2) is 0 Å². The second-order valence-electron chi connectivity index (χ2n) is 5.77. The van der Waals surface area contributed by atoms with E-state index in [2.05, 4.69) is 0 Å². The summed E-state index contributed by atoms with van der Waals surface area (Å²) in [4.78, 5) is 2.05. The third-order valence-electron chi connectivity index (χ3n) is 3.32. The van der Waals surface area contributed by atoms with E-state index >= 15 is 0 Å². The first-order valence-corrected chi connectivity index (χ1v) is 6.63. The molecule has 1 fully saturated rings. The molecule has 1 heterocycles. The molecule has 108 valence electrons. The number of hydrogen-bond donors (Lipinski definition) is 1. The predicted octanol–water partition coefficient (Wildman–Crippen LogP) is 1.67. The van der Waals surface area contributed by atoms with Crippen LogP contribution in [-0.4, -0.2) is 41.4 Å². The topological polar surface area (TPSA) is 56.5 Å².